The first-order chi connectivity index (χ1) is 15.9. The SMILES string of the molecule is COc1cc(-c2nc3nc(-c4ccc(C(F)(F)F)nc4)nc(C(F)(F)F)c3[nH]2)cc(O)c1OC. The maximum Gasteiger partial charge on any atom is 0.435 e. The van der Waals surface area contributed by atoms with Crippen LogP contribution in [0, 0.1) is 0 Å². The van der Waals surface area contributed by atoms with E-state index in [1.165, 1.54) is 26.4 Å². The number of pyridine rings is 1. The number of ether oxygens (including phenoxy) is 2. The minimum Gasteiger partial charge on any atom is -0.504 e. The molecule has 0 bridgehead atoms. The Balaban J connectivity index is 1.88. The molecule has 0 fully saturated rings. The first-order valence-electron chi connectivity index (χ1n) is 9.26. The highest BCUT2D eigenvalue weighted by atomic mass is 19.4. The van der Waals surface area contributed by atoms with Crippen LogP contribution in [0.4, 0.5) is 26.3 Å². The van der Waals surface area contributed by atoms with E-state index in [0.717, 1.165) is 12.3 Å². The van der Waals surface area contributed by atoms with E-state index in [2.05, 4.69) is 24.9 Å². The number of halogens is 6. The molecule has 0 spiro atoms. The summed E-state index contributed by atoms with van der Waals surface area (Å²) in [5, 5.41) is 10.2. The summed E-state index contributed by atoms with van der Waals surface area (Å²) >= 11 is 0. The van der Waals surface area contributed by atoms with E-state index in [1.54, 1.807) is 0 Å². The van der Waals surface area contributed by atoms with E-state index in [-0.39, 0.29) is 34.2 Å². The number of imidazole rings is 1. The Bertz CT molecular complexity index is 1370. The maximum absolute atomic E-state index is 13.7. The van der Waals surface area contributed by atoms with Crippen LogP contribution < -0.4 is 9.47 Å². The van der Waals surface area contributed by atoms with Crippen LogP contribution in [0.5, 0.6) is 17.2 Å². The second-order valence-electron chi connectivity index (χ2n) is 6.84. The van der Waals surface area contributed by atoms with Crippen molar-refractivity contribution in [2.45, 2.75) is 12.4 Å². The Kier molecular flexibility index (Phi) is 5.45. The molecule has 3 aromatic heterocycles. The van der Waals surface area contributed by atoms with Gasteiger partial charge in [-0.15, -0.1) is 0 Å². The Hall–Kier alpha value is -4.10. The number of phenolic OH excluding ortho intramolecular Hbond substituents is 1. The molecule has 0 atom stereocenters. The minimum absolute atomic E-state index is 0.00947. The molecule has 4 aromatic rings. The normalized spacial score (nSPS) is 12.2. The number of aromatic nitrogens is 5. The first kappa shape index (κ1) is 23.1. The number of phenols is 1. The number of nitrogens with zero attached hydrogens (tertiary/aromatic N) is 4. The zero-order chi connectivity index (χ0) is 24.8. The number of nitrogens with one attached hydrogen (secondary N) is 1. The molecule has 8 nitrogen and oxygen atoms in total. The van der Waals surface area contributed by atoms with E-state index in [1.807, 2.05) is 0 Å². The predicted molar refractivity (Wildman–Crippen MR) is 105 cm³/mol. The Morgan fingerprint density at radius 3 is 2.18 bits per heavy atom. The van der Waals surface area contributed by atoms with Crippen molar-refractivity contribution in [3.63, 3.8) is 0 Å². The Labute approximate surface area is 186 Å². The van der Waals surface area contributed by atoms with Gasteiger partial charge in [-0.2, -0.15) is 26.3 Å². The fourth-order valence-electron chi connectivity index (χ4n) is 3.14. The van der Waals surface area contributed by atoms with Gasteiger partial charge < -0.3 is 19.6 Å². The van der Waals surface area contributed by atoms with Gasteiger partial charge in [-0.05, 0) is 24.3 Å². The topological polar surface area (TPSA) is 106 Å². The van der Waals surface area contributed by atoms with Crippen molar-refractivity contribution in [1.29, 1.82) is 0 Å². The Morgan fingerprint density at radius 1 is 0.882 bits per heavy atom. The third-order valence-corrected chi connectivity index (χ3v) is 4.66. The quantitative estimate of drug-likeness (QED) is 0.399. The van der Waals surface area contributed by atoms with Gasteiger partial charge in [0.1, 0.15) is 17.0 Å². The number of hydrogen-bond acceptors (Lipinski definition) is 7. The molecule has 1 aromatic carbocycles. The molecule has 0 saturated heterocycles. The van der Waals surface area contributed by atoms with Crippen molar-refractivity contribution in [3.05, 3.63) is 41.9 Å². The molecule has 34 heavy (non-hydrogen) atoms. The number of aromatic hydroxyl groups is 1. The van der Waals surface area contributed by atoms with Crippen molar-refractivity contribution in [2.24, 2.45) is 0 Å². The highest BCUT2D eigenvalue weighted by molar-refractivity contribution is 5.81. The summed E-state index contributed by atoms with van der Waals surface area (Å²) in [5.41, 5.74) is -3.57. The van der Waals surface area contributed by atoms with Gasteiger partial charge in [0.05, 0.1) is 14.2 Å². The van der Waals surface area contributed by atoms with Crippen LogP contribution in [-0.4, -0.2) is 44.2 Å². The second-order valence-corrected chi connectivity index (χ2v) is 6.84. The van der Waals surface area contributed by atoms with Crippen molar-refractivity contribution < 1.29 is 40.9 Å². The van der Waals surface area contributed by atoms with Crippen molar-refractivity contribution in [1.82, 2.24) is 24.9 Å². The lowest BCUT2D eigenvalue weighted by Crippen LogP contribution is -2.11. The van der Waals surface area contributed by atoms with Gasteiger partial charge in [0.15, 0.2) is 28.7 Å². The summed E-state index contributed by atoms with van der Waals surface area (Å²) in [6, 6.07) is 4.09. The molecule has 0 radical (unpaired) electrons. The average Bonchev–Trinajstić information content (AvgIpc) is 3.20. The molecule has 0 amide bonds. The zero-order valence-corrected chi connectivity index (χ0v) is 17.2. The van der Waals surface area contributed by atoms with E-state index in [4.69, 9.17) is 9.47 Å². The van der Waals surface area contributed by atoms with Crippen molar-refractivity contribution >= 4 is 11.2 Å². The lowest BCUT2D eigenvalue weighted by atomic mass is 10.1. The molecule has 14 heteroatoms. The van der Waals surface area contributed by atoms with Crippen molar-refractivity contribution in [2.75, 3.05) is 14.2 Å². The van der Waals surface area contributed by atoms with Gasteiger partial charge in [0, 0.05) is 17.3 Å². The summed E-state index contributed by atoms with van der Waals surface area (Å²) < 4.78 is 89.6. The lowest BCUT2D eigenvalue weighted by Gasteiger charge is -2.10. The van der Waals surface area contributed by atoms with Crippen LogP contribution in [0.3, 0.4) is 0 Å². The van der Waals surface area contributed by atoms with Crippen LogP contribution in [0.1, 0.15) is 11.4 Å². The largest absolute Gasteiger partial charge is 0.504 e. The number of fused-ring (bicyclic) bond motifs is 1. The molecular formula is C20H13F6N5O3. The summed E-state index contributed by atoms with van der Waals surface area (Å²) in [6.45, 7) is 0. The van der Waals surface area contributed by atoms with Crippen LogP contribution in [0.2, 0.25) is 0 Å². The number of alkyl halides is 6. The average molecular weight is 485 g/mol. The molecule has 0 aliphatic heterocycles. The second kappa shape index (κ2) is 8.04. The van der Waals surface area contributed by atoms with E-state index in [0.29, 0.717) is 6.07 Å². The number of H-pyrrole nitrogens is 1. The summed E-state index contributed by atoms with van der Waals surface area (Å²) in [6.07, 6.45) is -8.94. The fourth-order valence-corrected chi connectivity index (χ4v) is 3.14. The predicted octanol–water partition coefficient (Wildman–Crippen LogP) is 4.84. The minimum atomic E-state index is -4.95. The molecule has 0 aliphatic rings. The highest BCUT2D eigenvalue weighted by Gasteiger charge is 2.37. The molecule has 2 N–H and O–H groups in total. The van der Waals surface area contributed by atoms with Crippen LogP contribution >= 0.6 is 0 Å². The number of hydrogen-bond donors (Lipinski definition) is 2. The monoisotopic (exact) mass is 485 g/mol. The molecule has 4 rings (SSSR count). The van der Waals surface area contributed by atoms with Gasteiger partial charge in [-0.1, -0.05) is 0 Å². The molecule has 0 unspecified atom stereocenters. The number of methoxy groups -OCH3 is 2. The number of rotatable bonds is 4. The van der Waals surface area contributed by atoms with Crippen LogP contribution in [-0.2, 0) is 12.4 Å². The smallest absolute Gasteiger partial charge is 0.435 e. The maximum atomic E-state index is 13.7. The fraction of sp³-hybridized carbons (Fsp3) is 0.200. The third kappa shape index (κ3) is 4.13. The highest BCUT2D eigenvalue weighted by Crippen LogP contribution is 2.41. The number of benzene rings is 1. The van der Waals surface area contributed by atoms with Crippen molar-refractivity contribution in [3.8, 4) is 40.0 Å². The van der Waals surface area contributed by atoms with Gasteiger partial charge in [0.2, 0.25) is 5.75 Å². The van der Waals surface area contributed by atoms with Gasteiger partial charge in [-0.3, -0.25) is 4.98 Å². The summed E-state index contributed by atoms with van der Waals surface area (Å²) in [5.74, 6) is -0.870. The van der Waals surface area contributed by atoms with Crippen LogP contribution in [0.25, 0.3) is 33.9 Å². The van der Waals surface area contributed by atoms with Gasteiger partial charge in [-0.25, -0.2) is 15.0 Å². The molecule has 0 saturated carbocycles. The first-order valence-corrected chi connectivity index (χ1v) is 9.26. The molecule has 3 heterocycles. The van der Waals surface area contributed by atoms with Gasteiger partial charge in [0.25, 0.3) is 0 Å². The Morgan fingerprint density at radius 2 is 1.62 bits per heavy atom. The molecule has 178 valence electrons. The lowest BCUT2D eigenvalue weighted by molar-refractivity contribution is -0.141. The zero-order valence-electron chi connectivity index (χ0n) is 17.2. The molecule has 0 aliphatic carbocycles. The summed E-state index contributed by atoms with van der Waals surface area (Å²) in [4.78, 5) is 17.2. The van der Waals surface area contributed by atoms with E-state index >= 15 is 0 Å². The molecular weight excluding hydrogens is 472 g/mol. The summed E-state index contributed by atoms with van der Waals surface area (Å²) in [7, 11) is 2.60. The van der Waals surface area contributed by atoms with E-state index in [9.17, 15) is 31.4 Å². The van der Waals surface area contributed by atoms with E-state index < -0.39 is 40.7 Å². The van der Waals surface area contributed by atoms with Gasteiger partial charge >= 0.3 is 12.4 Å². The number of aromatic amines is 1. The van der Waals surface area contributed by atoms with Crippen LogP contribution in [0.15, 0.2) is 30.5 Å². The standard InChI is InChI=1S/C20H13F6N5O3/c1-33-11-6-9(5-10(32)14(11)34-2)17-28-13-15(20(24,25)26)29-16(30-18(13)31-17)8-3-4-12(27-7-8)19(21,22)23/h3-7,32H,1-2H3,(H,28,29,30,31). The third-order valence-electron chi connectivity index (χ3n) is 4.66.